The second-order valence-electron chi connectivity index (χ2n) is 4.53. The Morgan fingerprint density at radius 1 is 1.11 bits per heavy atom. The summed E-state index contributed by atoms with van der Waals surface area (Å²) in [5.41, 5.74) is 3.92. The van der Waals surface area contributed by atoms with E-state index in [0.29, 0.717) is 6.04 Å². The van der Waals surface area contributed by atoms with Crippen molar-refractivity contribution in [3.63, 3.8) is 0 Å². The Balaban J connectivity index is 2.23. The van der Waals surface area contributed by atoms with Crippen molar-refractivity contribution in [3.8, 4) is 0 Å². The zero-order valence-electron chi connectivity index (χ0n) is 10.8. The quantitative estimate of drug-likeness (QED) is 0.870. The number of hydrogen-bond acceptors (Lipinski definition) is 1. The first-order chi connectivity index (χ1) is 8.70. The van der Waals surface area contributed by atoms with Gasteiger partial charge in [-0.1, -0.05) is 48.0 Å². The van der Waals surface area contributed by atoms with Gasteiger partial charge in [0.1, 0.15) is 0 Å². The van der Waals surface area contributed by atoms with Crippen LogP contribution in [0.4, 0.5) is 0 Å². The van der Waals surface area contributed by atoms with Crippen LogP contribution in [0.15, 0.2) is 48.5 Å². The summed E-state index contributed by atoms with van der Waals surface area (Å²) in [6.45, 7) is 2.15. The molecule has 0 saturated heterocycles. The van der Waals surface area contributed by atoms with Crippen LogP contribution in [0.1, 0.15) is 22.7 Å². The van der Waals surface area contributed by atoms with Crippen LogP contribution in [0.25, 0.3) is 0 Å². The van der Waals surface area contributed by atoms with E-state index in [1.165, 1.54) is 16.7 Å². The molecule has 94 valence electrons. The number of likely N-dealkylation sites (N-methyl/N-ethyl adjacent to an activating group) is 1. The second-order valence-corrected chi connectivity index (χ2v) is 4.97. The third-order valence-electron chi connectivity index (χ3n) is 3.24. The summed E-state index contributed by atoms with van der Waals surface area (Å²) in [6, 6.07) is 16.9. The van der Waals surface area contributed by atoms with E-state index >= 15 is 0 Å². The molecule has 0 aliphatic carbocycles. The van der Waals surface area contributed by atoms with Crippen LogP contribution in [-0.2, 0) is 6.42 Å². The molecule has 1 atom stereocenters. The Morgan fingerprint density at radius 3 is 2.56 bits per heavy atom. The summed E-state index contributed by atoms with van der Waals surface area (Å²) in [7, 11) is 2.00. The van der Waals surface area contributed by atoms with Crippen molar-refractivity contribution >= 4 is 11.6 Å². The molecule has 0 aromatic heterocycles. The second kappa shape index (κ2) is 6.03. The van der Waals surface area contributed by atoms with E-state index in [9.17, 15) is 0 Å². The van der Waals surface area contributed by atoms with E-state index in [0.717, 1.165) is 11.4 Å². The van der Waals surface area contributed by atoms with Crippen LogP contribution in [0.3, 0.4) is 0 Å². The molecule has 2 rings (SSSR count). The van der Waals surface area contributed by atoms with Crippen LogP contribution >= 0.6 is 11.6 Å². The summed E-state index contributed by atoms with van der Waals surface area (Å²) in [6.07, 6.45) is 0.946. The molecule has 2 heteroatoms. The monoisotopic (exact) mass is 259 g/mol. The largest absolute Gasteiger partial charge is 0.313 e. The van der Waals surface area contributed by atoms with Gasteiger partial charge in [-0.15, -0.1) is 0 Å². The molecular formula is C16H18ClN. The van der Waals surface area contributed by atoms with Crippen LogP contribution in [0, 0.1) is 6.92 Å². The van der Waals surface area contributed by atoms with Crippen LogP contribution in [0.2, 0.25) is 5.02 Å². The SMILES string of the molecule is CNC(Cc1cccc(Cl)c1)c1ccccc1C. The Morgan fingerprint density at radius 2 is 1.89 bits per heavy atom. The number of halogens is 1. The Kier molecular flexibility index (Phi) is 4.40. The molecule has 2 aromatic rings. The third kappa shape index (κ3) is 3.12. The number of rotatable bonds is 4. The maximum absolute atomic E-state index is 6.03. The lowest BCUT2D eigenvalue weighted by Gasteiger charge is -2.19. The normalized spacial score (nSPS) is 12.4. The molecule has 0 heterocycles. The predicted molar refractivity (Wildman–Crippen MR) is 78.1 cm³/mol. The molecule has 0 aliphatic rings. The summed E-state index contributed by atoms with van der Waals surface area (Å²) in [5.74, 6) is 0. The highest BCUT2D eigenvalue weighted by Crippen LogP contribution is 2.22. The van der Waals surface area contributed by atoms with Crippen molar-refractivity contribution in [2.75, 3.05) is 7.05 Å². The first-order valence-electron chi connectivity index (χ1n) is 6.18. The van der Waals surface area contributed by atoms with Crippen LogP contribution in [0.5, 0.6) is 0 Å². The van der Waals surface area contributed by atoms with Gasteiger partial charge in [-0.2, -0.15) is 0 Å². The summed E-state index contributed by atoms with van der Waals surface area (Å²) in [5, 5.41) is 4.18. The van der Waals surface area contributed by atoms with E-state index in [2.05, 4.69) is 42.6 Å². The van der Waals surface area contributed by atoms with Gasteiger partial charge < -0.3 is 5.32 Å². The van der Waals surface area contributed by atoms with Crippen molar-refractivity contribution < 1.29 is 0 Å². The van der Waals surface area contributed by atoms with Crippen molar-refractivity contribution in [3.05, 3.63) is 70.2 Å². The van der Waals surface area contributed by atoms with Crippen LogP contribution in [-0.4, -0.2) is 7.05 Å². The van der Waals surface area contributed by atoms with Crippen molar-refractivity contribution in [2.45, 2.75) is 19.4 Å². The van der Waals surface area contributed by atoms with Gasteiger partial charge in [-0.3, -0.25) is 0 Å². The zero-order valence-corrected chi connectivity index (χ0v) is 11.5. The van der Waals surface area contributed by atoms with E-state index in [1.807, 2.05) is 25.2 Å². The van der Waals surface area contributed by atoms with Gasteiger partial charge in [0.25, 0.3) is 0 Å². The minimum absolute atomic E-state index is 0.324. The fraction of sp³-hybridized carbons (Fsp3) is 0.250. The minimum atomic E-state index is 0.324. The van der Waals surface area contributed by atoms with Crippen molar-refractivity contribution in [1.82, 2.24) is 5.32 Å². The molecule has 1 N–H and O–H groups in total. The number of benzene rings is 2. The first kappa shape index (κ1) is 13.1. The van der Waals surface area contributed by atoms with Gasteiger partial charge in [0, 0.05) is 11.1 Å². The Bertz CT molecular complexity index is 522. The molecular weight excluding hydrogens is 242 g/mol. The van der Waals surface area contributed by atoms with E-state index < -0.39 is 0 Å². The molecule has 1 unspecified atom stereocenters. The summed E-state index contributed by atoms with van der Waals surface area (Å²) >= 11 is 6.03. The number of hydrogen-bond donors (Lipinski definition) is 1. The molecule has 2 aromatic carbocycles. The molecule has 0 radical (unpaired) electrons. The van der Waals surface area contributed by atoms with E-state index in [4.69, 9.17) is 11.6 Å². The van der Waals surface area contributed by atoms with Gasteiger partial charge in [0.05, 0.1) is 0 Å². The maximum Gasteiger partial charge on any atom is 0.0408 e. The first-order valence-corrected chi connectivity index (χ1v) is 6.55. The van der Waals surface area contributed by atoms with Gasteiger partial charge in [0.15, 0.2) is 0 Å². The zero-order chi connectivity index (χ0) is 13.0. The molecule has 0 amide bonds. The fourth-order valence-corrected chi connectivity index (χ4v) is 2.46. The molecule has 1 nitrogen and oxygen atoms in total. The predicted octanol–water partition coefficient (Wildman–Crippen LogP) is 4.15. The molecule has 0 aliphatic heterocycles. The molecule has 0 fully saturated rings. The smallest absolute Gasteiger partial charge is 0.0408 e. The lowest BCUT2D eigenvalue weighted by Crippen LogP contribution is -2.19. The number of nitrogens with one attached hydrogen (secondary N) is 1. The van der Waals surface area contributed by atoms with Crippen molar-refractivity contribution in [2.24, 2.45) is 0 Å². The molecule has 18 heavy (non-hydrogen) atoms. The highest BCUT2D eigenvalue weighted by Gasteiger charge is 2.12. The lowest BCUT2D eigenvalue weighted by atomic mass is 9.95. The van der Waals surface area contributed by atoms with Crippen molar-refractivity contribution in [1.29, 1.82) is 0 Å². The fourth-order valence-electron chi connectivity index (χ4n) is 2.24. The van der Waals surface area contributed by atoms with Gasteiger partial charge in [-0.05, 0) is 49.2 Å². The average Bonchev–Trinajstić information content (AvgIpc) is 2.37. The third-order valence-corrected chi connectivity index (χ3v) is 3.48. The van der Waals surface area contributed by atoms with Gasteiger partial charge >= 0.3 is 0 Å². The van der Waals surface area contributed by atoms with Gasteiger partial charge in [-0.25, -0.2) is 0 Å². The van der Waals surface area contributed by atoms with Gasteiger partial charge in [0.2, 0.25) is 0 Å². The highest BCUT2D eigenvalue weighted by molar-refractivity contribution is 6.30. The summed E-state index contributed by atoms with van der Waals surface area (Å²) < 4.78 is 0. The Hall–Kier alpha value is -1.31. The molecule has 0 bridgehead atoms. The Labute approximate surface area is 114 Å². The topological polar surface area (TPSA) is 12.0 Å². The lowest BCUT2D eigenvalue weighted by molar-refractivity contribution is 0.589. The molecule has 0 spiro atoms. The highest BCUT2D eigenvalue weighted by atomic mass is 35.5. The maximum atomic E-state index is 6.03. The molecule has 0 saturated carbocycles. The van der Waals surface area contributed by atoms with E-state index in [1.54, 1.807) is 0 Å². The van der Waals surface area contributed by atoms with E-state index in [-0.39, 0.29) is 0 Å². The average molecular weight is 260 g/mol. The van der Waals surface area contributed by atoms with Crippen LogP contribution < -0.4 is 5.32 Å². The minimum Gasteiger partial charge on any atom is -0.313 e. The standard InChI is InChI=1S/C16H18ClN/c1-12-6-3-4-9-15(12)16(18-2)11-13-7-5-8-14(17)10-13/h3-10,16,18H,11H2,1-2H3. The number of aryl methyl sites for hydroxylation is 1. The summed E-state index contributed by atoms with van der Waals surface area (Å²) in [4.78, 5) is 0.